The molecule has 1 heterocycles. The molecule has 0 bridgehead atoms. The molecule has 152 valence electrons. The Hall–Kier alpha value is -2.53. The number of rotatable bonds is 11. The van der Waals surface area contributed by atoms with E-state index in [0.29, 0.717) is 24.5 Å². The average molecular weight is 383 g/mol. The van der Waals surface area contributed by atoms with Gasteiger partial charge >= 0.3 is 5.95 Å². The van der Waals surface area contributed by atoms with E-state index in [0.717, 1.165) is 6.42 Å². The van der Waals surface area contributed by atoms with Gasteiger partial charge in [-0.2, -0.15) is 0 Å². The quantitative estimate of drug-likeness (QED) is 0.149. The van der Waals surface area contributed by atoms with Gasteiger partial charge in [-0.3, -0.25) is 0 Å². The zero-order chi connectivity index (χ0) is 20.7. The second-order valence-electron chi connectivity index (χ2n) is 7.30. The summed E-state index contributed by atoms with van der Waals surface area (Å²) in [7, 11) is 0. The summed E-state index contributed by atoms with van der Waals surface area (Å²) in [6, 6.07) is 0. The molecule has 0 atom stereocenters. The van der Waals surface area contributed by atoms with Crippen molar-refractivity contribution in [2.24, 2.45) is 10.3 Å². The van der Waals surface area contributed by atoms with Crippen molar-refractivity contribution in [3.63, 3.8) is 0 Å². The zero-order valence-electron chi connectivity index (χ0n) is 16.4. The number of imidazole rings is 1. The molecule has 11 heteroatoms. The van der Waals surface area contributed by atoms with Crippen LogP contribution >= 0.6 is 0 Å². The standard InChI is InChI=1S/C16H29N7O4/c1-12(20-24)15(2,3)18-7-6-8-19-16(4,5)13(21-25)11-22-10-9-17-14(22)23(26)27/h9-10,18-19,24-25H,6-8,11H2,1-5H3/b20-12-,21-13+. The molecule has 1 aromatic heterocycles. The van der Waals surface area contributed by atoms with E-state index >= 15 is 0 Å². The molecular formula is C16H29N7O4. The van der Waals surface area contributed by atoms with Crippen molar-refractivity contribution in [1.82, 2.24) is 20.2 Å². The number of nitrogens with one attached hydrogen (secondary N) is 2. The molecule has 0 spiro atoms. The highest BCUT2D eigenvalue weighted by molar-refractivity contribution is 5.92. The van der Waals surface area contributed by atoms with Crippen LogP contribution in [0.25, 0.3) is 0 Å². The third-order valence-electron chi connectivity index (χ3n) is 4.56. The van der Waals surface area contributed by atoms with E-state index in [2.05, 4.69) is 25.9 Å². The lowest BCUT2D eigenvalue weighted by Gasteiger charge is -2.28. The predicted octanol–water partition coefficient (Wildman–Crippen LogP) is 1.60. The molecular weight excluding hydrogens is 354 g/mol. The second-order valence-corrected chi connectivity index (χ2v) is 7.30. The monoisotopic (exact) mass is 383 g/mol. The Morgan fingerprint density at radius 2 is 1.81 bits per heavy atom. The molecule has 0 fully saturated rings. The van der Waals surface area contributed by atoms with Crippen LogP contribution in [0.4, 0.5) is 5.95 Å². The molecule has 0 unspecified atom stereocenters. The Morgan fingerprint density at radius 1 is 1.22 bits per heavy atom. The largest absolute Gasteiger partial charge is 0.434 e. The molecule has 0 saturated carbocycles. The van der Waals surface area contributed by atoms with Gasteiger partial charge in [0.05, 0.1) is 16.8 Å². The van der Waals surface area contributed by atoms with Crippen LogP contribution in [0.2, 0.25) is 0 Å². The Bertz CT molecular complexity index is 695. The van der Waals surface area contributed by atoms with Crippen molar-refractivity contribution in [3.8, 4) is 0 Å². The molecule has 1 aromatic rings. The fourth-order valence-corrected chi connectivity index (χ4v) is 2.36. The third-order valence-corrected chi connectivity index (χ3v) is 4.56. The first kappa shape index (κ1) is 22.5. The number of hydrogen-bond acceptors (Lipinski definition) is 9. The maximum atomic E-state index is 11.0. The number of nitrogens with zero attached hydrogens (tertiary/aromatic N) is 5. The smallest absolute Gasteiger partial charge is 0.411 e. The van der Waals surface area contributed by atoms with Gasteiger partial charge in [0.1, 0.15) is 24.7 Å². The van der Waals surface area contributed by atoms with Gasteiger partial charge in [-0.05, 0) is 59.1 Å². The van der Waals surface area contributed by atoms with Crippen LogP contribution in [-0.2, 0) is 6.54 Å². The normalized spacial score (nSPS) is 13.8. The molecule has 0 saturated heterocycles. The van der Waals surface area contributed by atoms with Crippen molar-refractivity contribution < 1.29 is 15.3 Å². The topological polar surface area (TPSA) is 150 Å². The summed E-state index contributed by atoms with van der Waals surface area (Å²) in [4.78, 5) is 14.1. The Labute approximate surface area is 158 Å². The molecule has 1 rings (SSSR count). The van der Waals surface area contributed by atoms with Gasteiger partial charge in [0.15, 0.2) is 0 Å². The van der Waals surface area contributed by atoms with Crippen LogP contribution < -0.4 is 10.6 Å². The van der Waals surface area contributed by atoms with Crippen LogP contribution in [0.5, 0.6) is 0 Å². The zero-order valence-corrected chi connectivity index (χ0v) is 16.4. The molecule has 0 aromatic carbocycles. The first-order chi connectivity index (χ1) is 12.5. The summed E-state index contributed by atoms with van der Waals surface area (Å²) in [5, 5.41) is 42.4. The van der Waals surface area contributed by atoms with E-state index in [1.165, 1.54) is 17.0 Å². The molecule has 27 heavy (non-hydrogen) atoms. The van der Waals surface area contributed by atoms with Gasteiger partial charge in [-0.15, -0.1) is 0 Å². The second kappa shape index (κ2) is 9.42. The fraction of sp³-hybridized carbons (Fsp3) is 0.688. The van der Waals surface area contributed by atoms with Crippen LogP contribution in [0.3, 0.4) is 0 Å². The summed E-state index contributed by atoms with van der Waals surface area (Å²) in [6.07, 6.45) is 3.57. The molecule has 0 aliphatic rings. The lowest BCUT2D eigenvalue weighted by Crippen LogP contribution is -2.50. The molecule has 0 radical (unpaired) electrons. The van der Waals surface area contributed by atoms with Crippen molar-refractivity contribution >= 4 is 17.4 Å². The summed E-state index contributed by atoms with van der Waals surface area (Å²) in [5.41, 5.74) is -0.152. The van der Waals surface area contributed by atoms with Crippen molar-refractivity contribution in [2.45, 2.75) is 58.7 Å². The fourth-order valence-electron chi connectivity index (χ4n) is 2.36. The Balaban J connectivity index is 2.58. The number of nitro groups is 1. The van der Waals surface area contributed by atoms with Gasteiger partial charge in [0.25, 0.3) is 0 Å². The predicted molar refractivity (Wildman–Crippen MR) is 102 cm³/mol. The highest BCUT2D eigenvalue weighted by atomic mass is 16.6. The summed E-state index contributed by atoms with van der Waals surface area (Å²) < 4.78 is 1.32. The summed E-state index contributed by atoms with van der Waals surface area (Å²) in [5.74, 6) is -0.306. The van der Waals surface area contributed by atoms with Gasteiger partial charge in [-0.1, -0.05) is 15.3 Å². The number of oxime groups is 2. The highest BCUT2D eigenvalue weighted by Crippen LogP contribution is 2.13. The molecule has 0 amide bonds. The van der Waals surface area contributed by atoms with Crippen LogP contribution in [-0.4, -0.2) is 60.5 Å². The number of aromatic nitrogens is 2. The summed E-state index contributed by atoms with van der Waals surface area (Å²) in [6.45, 7) is 10.6. The van der Waals surface area contributed by atoms with E-state index in [1.54, 1.807) is 6.92 Å². The SMILES string of the molecule is C/C(=N/O)C(C)(C)NCCCNC(C)(C)/C(Cn1ccnc1[N+](=O)[O-])=N/O. The van der Waals surface area contributed by atoms with Crippen molar-refractivity contribution in [2.75, 3.05) is 13.1 Å². The lowest BCUT2D eigenvalue weighted by atomic mass is 9.97. The maximum absolute atomic E-state index is 11.0. The average Bonchev–Trinajstić information content (AvgIpc) is 3.06. The molecule has 0 aliphatic carbocycles. The van der Waals surface area contributed by atoms with E-state index < -0.39 is 16.0 Å². The first-order valence-corrected chi connectivity index (χ1v) is 8.61. The van der Waals surface area contributed by atoms with Crippen LogP contribution in [0.1, 0.15) is 41.0 Å². The van der Waals surface area contributed by atoms with E-state index in [-0.39, 0.29) is 12.5 Å². The first-order valence-electron chi connectivity index (χ1n) is 8.61. The maximum Gasteiger partial charge on any atom is 0.434 e. The minimum Gasteiger partial charge on any atom is -0.411 e. The molecule has 11 nitrogen and oxygen atoms in total. The van der Waals surface area contributed by atoms with Gasteiger partial charge < -0.3 is 31.2 Å². The number of hydrogen-bond donors (Lipinski definition) is 4. The lowest BCUT2D eigenvalue weighted by molar-refractivity contribution is -0.396. The molecule has 4 N–H and O–H groups in total. The minimum atomic E-state index is -0.676. The Morgan fingerprint density at radius 3 is 2.33 bits per heavy atom. The third kappa shape index (κ3) is 6.29. The van der Waals surface area contributed by atoms with Gasteiger partial charge in [0, 0.05) is 0 Å². The Kier molecular flexibility index (Phi) is 7.85. The summed E-state index contributed by atoms with van der Waals surface area (Å²) >= 11 is 0. The van der Waals surface area contributed by atoms with Crippen LogP contribution in [0, 0.1) is 10.1 Å². The van der Waals surface area contributed by atoms with E-state index in [4.69, 9.17) is 5.21 Å². The van der Waals surface area contributed by atoms with E-state index in [9.17, 15) is 15.3 Å². The minimum absolute atomic E-state index is 0.0459. The van der Waals surface area contributed by atoms with Crippen molar-refractivity contribution in [3.05, 3.63) is 22.5 Å². The van der Waals surface area contributed by atoms with Gasteiger partial charge in [0.2, 0.25) is 0 Å². The van der Waals surface area contributed by atoms with Crippen molar-refractivity contribution in [1.29, 1.82) is 0 Å². The molecule has 0 aliphatic heterocycles. The van der Waals surface area contributed by atoms with E-state index in [1.807, 2.05) is 27.7 Å². The van der Waals surface area contributed by atoms with Gasteiger partial charge in [-0.25, -0.2) is 4.57 Å². The highest BCUT2D eigenvalue weighted by Gasteiger charge is 2.28. The van der Waals surface area contributed by atoms with Crippen LogP contribution in [0.15, 0.2) is 22.7 Å².